The Kier molecular flexibility index (Phi) is 6.53. The second kappa shape index (κ2) is 8.30. The van der Waals surface area contributed by atoms with Crippen molar-refractivity contribution in [2.75, 3.05) is 33.3 Å². The van der Waals surface area contributed by atoms with E-state index in [4.69, 9.17) is 4.74 Å². The number of rotatable bonds is 4. The van der Waals surface area contributed by atoms with Crippen LogP contribution in [0.2, 0.25) is 0 Å². The Labute approximate surface area is 169 Å². The summed E-state index contributed by atoms with van der Waals surface area (Å²) in [5.41, 5.74) is 0.390. The number of fused-ring (bicyclic) bond motifs is 2. The Bertz CT molecular complexity index is 480. The van der Waals surface area contributed by atoms with Gasteiger partial charge in [-0.25, -0.2) is 0 Å². The Morgan fingerprint density at radius 3 is 2.76 bits per heavy atom. The SMILES string of the molecule is CCN1CCCC1CNC(=NC)NC1C2CCOC2C12CCCC2.I. The van der Waals surface area contributed by atoms with Crippen molar-refractivity contribution in [1.82, 2.24) is 15.5 Å². The van der Waals surface area contributed by atoms with Gasteiger partial charge in [0.15, 0.2) is 5.96 Å². The summed E-state index contributed by atoms with van der Waals surface area (Å²) in [6.07, 6.45) is 9.76. The van der Waals surface area contributed by atoms with Gasteiger partial charge in [-0.1, -0.05) is 19.8 Å². The molecule has 0 amide bonds. The van der Waals surface area contributed by atoms with E-state index >= 15 is 0 Å². The topological polar surface area (TPSA) is 48.9 Å². The number of nitrogens with one attached hydrogen (secondary N) is 2. The second-order valence-corrected chi connectivity index (χ2v) is 8.18. The molecule has 4 aliphatic rings. The minimum absolute atomic E-state index is 0. The number of hydrogen-bond donors (Lipinski definition) is 2. The lowest BCUT2D eigenvalue weighted by Crippen LogP contribution is -2.69. The van der Waals surface area contributed by atoms with Gasteiger partial charge in [0.25, 0.3) is 0 Å². The van der Waals surface area contributed by atoms with Gasteiger partial charge in [0.1, 0.15) is 0 Å². The van der Waals surface area contributed by atoms with Gasteiger partial charge in [0.05, 0.1) is 6.10 Å². The van der Waals surface area contributed by atoms with Crippen LogP contribution in [0.3, 0.4) is 0 Å². The van der Waals surface area contributed by atoms with Crippen LogP contribution in [0.1, 0.15) is 51.9 Å². The zero-order valence-electron chi connectivity index (χ0n) is 15.8. The van der Waals surface area contributed by atoms with E-state index in [1.807, 2.05) is 7.05 Å². The van der Waals surface area contributed by atoms with E-state index in [1.54, 1.807) is 0 Å². The van der Waals surface area contributed by atoms with Gasteiger partial charge in [0, 0.05) is 43.6 Å². The molecular formula is C19H35IN4O. The molecule has 0 radical (unpaired) electrons. The van der Waals surface area contributed by atoms with Crippen molar-refractivity contribution in [2.45, 2.75) is 70.1 Å². The maximum Gasteiger partial charge on any atom is 0.191 e. The number of aliphatic imine (C=N–C) groups is 1. The first-order valence-corrected chi connectivity index (χ1v) is 10.1. The third-order valence-corrected chi connectivity index (χ3v) is 7.21. The zero-order chi connectivity index (χ0) is 16.6. The summed E-state index contributed by atoms with van der Waals surface area (Å²) in [6.45, 7) is 6.64. The van der Waals surface area contributed by atoms with Crippen LogP contribution in [0, 0.1) is 11.3 Å². The van der Waals surface area contributed by atoms with Crippen molar-refractivity contribution in [3.05, 3.63) is 0 Å². The van der Waals surface area contributed by atoms with E-state index in [2.05, 4.69) is 27.4 Å². The molecule has 4 rings (SSSR count). The Morgan fingerprint density at radius 2 is 2.04 bits per heavy atom. The highest BCUT2D eigenvalue weighted by Gasteiger charge is 2.65. The van der Waals surface area contributed by atoms with Crippen LogP contribution in [0.15, 0.2) is 4.99 Å². The summed E-state index contributed by atoms with van der Waals surface area (Å²) in [5.74, 6) is 1.69. The van der Waals surface area contributed by atoms with Crippen LogP contribution >= 0.6 is 24.0 Å². The minimum atomic E-state index is 0. The van der Waals surface area contributed by atoms with Crippen molar-refractivity contribution in [3.63, 3.8) is 0 Å². The number of guanidine groups is 1. The van der Waals surface area contributed by atoms with Gasteiger partial charge >= 0.3 is 0 Å². The number of nitrogens with zero attached hydrogens (tertiary/aromatic N) is 2. The molecule has 6 heteroatoms. The summed E-state index contributed by atoms with van der Waals surface area (Å²) in [5, 5.41) is 7.42. The molecule has 0 aromatic heterocycles. The van der Waals surface area contributed by atoms with Crippen molar-refractivity contribution >= 4 is 29.9 Å². The standard InChI is InChI=1S/C19H34N4O.HI/c1-3-23-11-6-7-14(23)13-21-18(20-2)22-16-15-8-12-24-17(15)19(16)9-4-5-10-19;/h14-17H,3-13H2,1-2H3,(H2,20,21,22);1H. The van der Waals surface area contributed by atoms with Crippen LogP contribution in [-0.4, -0.2) is 62.3 Å². The molecule has 2 aliphatic heterocycles. The quantitative estimate of drug-likeness (QED) is 0.383. The molecule has 0 aromatic carbocycles. The Morgan fingerprint density at radius 1 is 1.24 bits per heavy atom. The lowest BCUT2D eigenvalue weighted by atomic mass is 9.54. The van der Waals surface area contributed by atoms with E-state index in [0.717, 1.165) is 25.7 Å². The normalized spacial score (nSPS) is 36.8. The van der Waals surface area contributed by atoms with Crippen LogP contribution < -0.4 is 10.6 Å². The minimum Gasteiger partial charge on any atom is -0.377 e. The molecule has 2 heterocycles. The fourth-order valence-electron chi connectivity index (χ4n) is 6.00. The van der Waals surface area contributed by atoms with Crippen molar-refractivity contribution in [2.24, 2.45) is 16.3 Å². The molecule has 1 spiro atoms. The monoisotopic (exact) mass is 462 g/mol. The van der Waals surface area contributed by atoms with Crippen LogP contribution in [-0.2, 0) is 4.74 Å². The fourth-order valence-corrected chi connectivity index (χ4v) is 6.00. The number of halogens is 1. The Balaban J connectivity index is 0.00000182. The molecule has 5 nitrogen and oxygen atoms in total. The average Bonchev–Trinajstić information content (AvgIpc) is 3.33. The molecule has 2 saturated carbocycles. The van der Waals surface area contributed by atoms with Crippen molar-refractivity contribution in [3.8, 4) is 0 Å². The number of likely N-dealkylation sites (N-methyl/N-ethyl adjacent to an activating group) is 1. The van der Waals surface area contributed by atoms with Gasteiger partial charge in [-0.3, -0.25) is 9.89 Å². The zero-order valence-corrected chi connectivity index (χ0v) is 18.1. The molecule has 0 bridgehead atoms. The van der Waals surface area contributed by atoms with Crippen molar-refractivity contribution < 1.29 is 4.74 Å². The highest BCUT2D eigenvalue weighted by Crippen LogP contribution is 2.60. The van der Waals surface area contributed by atoms with Crippen LogP contribution in [0.4, 0.5) is 0 Å². The molecule has 4 atom stereocenters. The maximum absolute atomic E-state index is 6.10. The summed E-state index contributed by atoms with van der Waals surface area (Å²) in [4.78, 5) is 7.11. The van der Waals surface area contributed by atoms with Crippen LogP contribution in [0.25, 0.3) is 0 Å². The highest BCUT2D eigenvalue weighted by molar-refractivity contribution is 14.0. The predicted octanol–water partition coefficient (Wildman–Crippen LogP) is 2.60. The molecule has 2 N–H and O–H groups in total. The third kappa shape index (κ3) is 3.43. The Hall–Kier alpha value is -0.0800. The van der Waals surface area contributed by atoms with E-state index in [1.165, 1.54) is 51.5 Å². The van der Waals surface area contributed by atoms with Gasteiger partial charge in [-0.15, -0.1) is 24.0 Å². The first-order valence-electron chi connectivity index (χ1n) is 10.1. The van der Waals surface area contributed by atoms with Gasteiger partial charge in [0.2, 0.25) is 0 Å². The molecule has 2 aliphatic carbocycles. The van der Waals surface area contributed by atoms with E-state index in [0.29, 0.717) is 29.5 Å². The number of likely N-dealkylation sites (tertiary alicyclic amines) is 1. The average molecular weight is 462 g/mol. The molecule has 4 fully saturated rings. The number of hydrogen-bond acceptors (Lipinski definition) is 3. The van der Waals surface area contributed by atoms with E-state index in [9.17, 15) is 0 Å². The summed E-state index contributed by atoms with van der Waals surface area (Å²) < 4.78 is 6.10. The molecule has 4 unspecified atom stereocenters. The molecule has 25 heavy (non-hydrogen) atoms. The molecular weight excluding hydrogens is 427 g/mol. The lowest BCUT2D eigenvalue weighted by molar-refractivity contribution is -0.125. The highest BCUT2D eigenvalue weighted by atomic mass is 127. The maximum atomic E-state index is 6.10. The third-order valence-electron chi connectivity index (χ3n) is 7.21. The fraction of sp³-hybridized carbons (Fsp3) is 0.947. The first-order chi connectivity index (χ1) is 11.8. The largest absolute Gasteiger partial charge is 0.377 e. The number of ether oxygens (including phenoxy) is 1. The molecule has 144 valence electrons. The van der Waals surface area contributed by atoms with Gasteiger partial charge in [-0.05, 0) is 45.2 Å². The molecule has 2 saturated heterocycles. The smallest absolute Gasteiger partial charge is 0.191 e. The first kappa shape index (κ1) is 19.7. The van der Waals surface area contributed by atoms with E-state index < -0.39 is 0 Å². The summed E-state index contributed by atoms with van der Waals surface area (Å²) in [7, 11) is 1.91. The lowest BCUT2D eigenvalue weighted by Gasteiger charge is -2.57. The van der Waals surface area contributed by atoms with Crippen molar-refractivity contribution in [1.29, 1.82) is 0 Å². The summed E-state index contributed by atoms with van der Waals surface area (Å²) in [6, 6.07) is 1.22. The van der Waals surface area contributed by atoms with E-state index in [-0.39, 0.29) is 24.0 Å². The summed E-state index contributed by atoms with van der Waals surface area (Å²) >= 11 is 0. The van der Waals surface area contributed by atoms with Gasteiger partial charge in [-0.2, -0.15) is 0 Å². The molecule has 0 aromatic rings. The van der Waals surface area contributed by atoms with Gasteiger partial charge < -0.3 is 15.4 Å². The second-order valence-electron chi connectivity index (χ2n) is 8.18. The van der Waals surface area contributed by atoms with Crippen LogP contribution in [0.5, 0.6) is 0 Å². The predicted molar refractivity (Wildman–Crippen MR) is 113 cm³/mol.